The maximum absolute atomic E-state index is 11.5. The molecule has 4 nitrogen and oxygen atoms in total. The van der Waals surface area contributed by atoms with Gasteiger partial charge in [0.15, 0.2) is 0 Å². The Hall–Kier alpha value is -1.55. The Morgan fingerprint density at radius 1 is 1.38 bits per heavy atom. The number of benzene rings is 1. The summed E-state index contributed by atoms with van der Waals surface area (Å²) in [6, 6.07) is 6.96. The topological polar surface area (TPSA) is 69.6 Å². The highest BCUT2D eigenvalue weighted by Crippen LogP contribution is 2.47. The van der Waals surface area contributed by atoms with Gasteiger partial charge in [0.2, 0.25) is 5.91 Å². The lowest BCUT2D eigenvalue weighted by atomic mass is 10.1. The molecule has 2 atom stereocenters. The van der Waals surface area contributed by atoms with E-state index >= 15 is 0 Å². The molecule has 0 aliphatic heterocycles. The smallest absolute Gasteiger partial charge is 0.223 e. The van der Waals surface area contributed by atoms with Gasteiger partial charge < -0.3 is 15.5 Å². The lowest BCUT2D eigenvalue weighted by Crippen LogP contribution is -2.28. The second-order valence-corrected chi connectivity index (χ2v) is 4.05. The number of aliphatic hydroxyl groups is 1. The Labute approximate surface area is 93.9 Å². The number of hydrogen-bond acceptors (Lipinski definition) is 3. The second-order valence-electron chi connectivity index (χ2n) is 4.05. The van der Waals surface area contributed by atoms with Crippen molar-refractivity contribution in [3.05, 3.63) is 29.8 Å². The third-order valence-electron chi connectivity index (χ3n) is 2.86. The molecule has 0 bridgehead atoms. The Balaban J connectivity index is 1.91. The molecule has 2 unspecified atom stereocenters. The van der Waals surface area contributed by atoms with Crippen LogP contribution in [0.1, 0.15) is 17.9 Å². The number of nitrogens with one attached hydrogen (secondary N) is 1. The molecule has 1 fully saturated rings. The standard InChI is InChI=1S/C12H15NO3/c14-6-5-13-12(16)11-7-10(11)8-1-3-9(15)4-2-8/h1-4,10-11,14-15H,5-7H2,(H,13,16). The number of amides is 1. The Morgan fingerprint density at radius 3 is 2.69 bits per heavy atom. The fraction of sp³-hybridized carbons (Fsp3) is 0.417. The molecule has 86 valence electrons. The summed E-state index contributed by atoms with van der Waals surface area (Å²) in [6.45, 7) is 0.292. The Bertz CT molecular complexity index is 374. The molecule has 4 heteroatoms. The molecule has 1 aliphatic rings. The van der Waals surface area contributed by atoms with Crippen molar-refractivity contribution in [2.24, 2.45) is 5.92 Å². The number of carbonyl (C=O) groups is 1. The predicted molar refractivity (Wildman–Crippen MR) is 59.1 cm³/mol. The molecule has 1 aliphatic carbocycles. The number of hydrogen-bond donors (Lipinski definition) is 3. The van der Waals surface area contributed by atoms with Crippen molar-refractivity contribution < 1.29 is 15.0 Å². The first-order chi connectivity index (χ1) is 7.72. The van der Waals surface area contributed by atoms with E-state index in [2.05, 4.69) is 5.32 Å². The fourth-order valence-electron chi connectivity index (χ4n) is 1.88. The molecule has 0 heterocycles. The maximum Gasteiger partial charge on any atom is 0.223 e. The van der Waals surface area contributed by atoms with Gasteiger partial charge in [0.05, 0.1) is 6.61 Å². The zero-order valence-corrected chi connectivity index (χ0v) is 8.89. The third kappa shape index (κ3) is 2.33. The van der Waals surface area contributed by atoms with E-state index in [9.17, 15) is 4.79 Å². The normalized spacial score (nSPS) is 22.8. The van der Waals surface area contributed by atoms with Crippen molar-refractivity contribution in [2.75, 3.05) is 13.2 Å². The fourth-order valence-corrected chi connectivity index (χ4v) is 1.88. The van der Waals surface area contributed by atoms with Crippen molar-refractivity contribution >= 4 is 5.91 Å². The summed E-state index contributed by atoms with van der Waals surface area (Å²) in [6.07, 6.45) is 0.849. The average molecular weight is 221 g/mol. The summed E-state index contributed by atoms with van der Waals surface area (Å²) in [5.74, 6) is 0.535. The molecule has 0 saturated heterocycles. The first-order valence-corrected chi connectivity index (χ1v) is 5.40. The van der Waals surface area contributed by atoms with Crippen LogP contribution < -0.4 is 5.32 Å². The van der Waals surface area contributed by atoms with Crippen LogP contribution in [-0.2, 0) is 4.79 Å². The molecule has 0 spiro atoms. The molecule has 1 aromatic rings. The Kier molecular flexibility index (Phi) is 3.10. The number of aromatic hydroxyl groups is 1. The van der Waals surface area contributed by atoms with Gasteiger partial charge in [-0.25, -0.2) is 0 Å². The van der Waals surface area contributed by atoms with Gasteiger partial charge in [-0.1, -0.05) is 12.1 Å². The molecular formula is C12H15NO3. The van der Waals surface area contributed by atoms with Gasteiger partial charge in [0, 0.05) is 12.5 Å². The summed E-state index contributed by atoms with van der Waals surface area (Å²) in [7, 11) is 0. The van der Waals surface area contributed by atoms with Crippen LogP contribution >= 0.6 is 0 Å². The van der Waals surface area contributed by atoms with Crippen LogP contribution in [0, 0.1) is 5.92 Å². The lowest BCUT2D eigenvalue weighted by Gasteiger charge is -2.02. The van der Waals surface area contributed by atoms with Crippen molar-refractivity contribution in [1.29, 1.82) is 0 Å². The molecule has 3 N–H and O–H groups in total. The summed E-state index contributed by atoms with van der Waals surface area (Å²) < 4.78 is 0. The van der Waals surface area contributed by atoms with Gasteiger partial charge in [0.1, 0.15) is 5.75 Å². The van der Waals surface area contributed by atoms with E-state index in [4.69, 9.17) is 10.2 Å². The quantitative estimate of drug-likeness (QED) is 0.697. The second kappa shape index (κ2) is 4.53. The van der Waals surface area contributed by atoms with E-state index in [0.717, 1.165) is 12.0 Å². The van der Waals surface area contributed by atoms with Gasteiger partial charge in [0.25, 0.3) is 0 Å². The molecule has 0 aromatic heterocycles. The average Bonchev–Trinajstić information content (AvgIpc) is 3.07. The van der Waals surface area contributed by atoms with Crippen LogP contribution in [0.25, 0.3) is 0 Å². The highest BCUT2D eigenvalue weighted by molar-refractivity contribution is 5.82. The van der Waals surface area contributed by atoms with Crippen LogP contribution in [0.5, 0.6) is 5.75 Å². The minimum absolute atomic E-state index is 0.00660. The highest BCUT2D eigenvalue weighted by Gasteiger charge is 2.43. The van der Waals surface area contributed by atoms with Crippen molar-refractivity contribution in [3.63, 3.8) is 0 Å². The van der Waals surface area contributed by atoms with Crippen LogP contribution in [0.3, 0.4) is 0 Å². The minimum Gasteiger partial charge on any atom is -0.508 e. The SMILES string of the molecule is O=C(NCCO)C1CC1c1ccc(O)cc1. The van der Waals surface area contributed by atoms with Crippen molar-refractivity contribution in [3.8, 4) is 5.75 Å². The third-order valence-corrected chi connectivity index (χ3v) is 2.86. The van der Waals surface area contributed by atoms with E-state index in [0.29, 0.717) is 6.54 Å². The maximum atomic E-state index is 11.5. The number of phenols is 1. The lowest BCUT2D eigenvalue weighted by molar-refractivity contribution is -0.122. The molecule has 1 saturated carbocycles. The van der Waals surface area contributed by atoms with Crippen LogP contribution in [0.2, 0.25) is 0 Å². The van der Waals surface area contributed by atoms with Crippen LogP contribution in [0.4, 0.5) is 0 Å². The molecule has 16 heavy (non-hydrogen) atoms. The number of aliphatic hydroxyl groups excluding tert-OH is 1. The van der Waals surface area contributed by atoms with Crippen molar-refractivity contribution in [2.45, 2.75) is 12.3 Å². The first-order valence-electron chi connectivity index (χ1n) is 5.40. The zero-order chi connectivity index (χ0) is 11.5. The first kappa shape index (κ1) is 11.0. The Morgan fingerprint density at radius 2 is 2.06 bits per heavy atom. The van der Waals surface area contributed by atoms with E-state index in [1.54, 1.807) is 12.1 Å². The largest absolute Gasteiger partial charge is 0.508 e. The van der Waals surface area contributed by atoms with Crippen molar-refractivity contribution in [1.82, 2.24) is 5.32 Å². The van der Waals surface area contributed by atoms with Crippen LogP contribution in [-0.4, -0.2) is 29.3 Å². The summed E-state index contributed by atoms with van der Waals surface area (Å²) in [5, 5.41) is 20.4. The van der Waals surface area contributed by atoms with Gasteiger partial charge >= 0.3 is 0 Å². The minimum atomic E-state index is -0.0255. The molecular weight excluding hydrogens is 206 g/mol. The molecule has 0 radical (unpaired) electrons. The molecule has 1 aromatic carbocycles. The van der Waals surface area contributed by atoms with E-state index in [1.807, 2.05) is 12.1 Å². The number of phenolic OH excluding ortho intramolecular Hbond substituents is 1. The number of carbonyl (C=O) groups excluding carboxylic acids is 1. The summed E-state index contributed by atoms with van der Waals surface area (Å²) in [4.78, 5) is 11.5. The summed E-state index contributed by atoms with van der Waals surface area (Å²) >= 11 is 0. The van der Waals surface area contributed by atoms with Gasteiger partial charge in [-0.15, -0.1) is 0 Å². The van der Waals surface area contributed by atoms with Gasteiger partial charge in [-0.05, 0) is 30.0 Å². The summed E-state index contributed by atoms with van der Waals surface area (Å²) in [5.41, 5.74) is 1.09. The highest BCUT2D eigenvalue weighted by atomic mass is 16.3. The zero-order valence-electron chi connectivity index (χ0n) is 8.89. The number of rotatable bonds is 4. The van der Waals surface area contributed by atoms with E-state index < -0.39 is 0 Å². The predicted octanol–water partition coefficient (Wildman–Crippen LogP) is 0.604. The monoisotopic (exact) mass is 221 g/mol. The molecule has 2 rings (SSSR count). The van der Waals surface area contributed by atoms with Gasteiger partial charge in [-0.3, -0.25) is 4.79 Å². The van der Waals surface area contributed by atoms with Crippen LogP contribution in [0.15, 0.2) is 24.3 Å². The van der Waals surface area contributed by atoms with E-state index in [-0.39, 0.29) is 30.1 Å². The van der Waals surface area contributed by atoms with E-state index in [1.165, 1.54) is 0 Å². The van der Waals surface area contributed by atoms with Gasteiger partial charge in [-0.2, -0.15) is 0 Å². The molecule has 1 amide bonds.